The van der Waals surface area contributed by atoms with Crippen molar-refractivity contribution < 1.29 is 4.74 Å². The highest BCUT2D eigenvalue weighted by molar-refractivity contribution is 4.98. The van der Waals surface area contributed by atoms with Gasteiger partial charge < -0.3 is 10.1 Å². The van der Waals surface area contributed by atoms with Gasteiger partial charge in [-0.3, -0.25) is 4.90 Å². The average Bonchev–Trinajstić information content (AvgIpc) is 3.22. The van der Waals surface area contributed by atoms with Gasteiger partial charge in [-0.05, 0) is 57.9 Å². The molecule has 0 aromatic heterocycles. The van der Waals surface area contributed by atoms with E-state index in [1.807, 2.05) is 0 Å². The molecule has 2 unspecified atom stereocenters. The summed E-state index contributed by atoms with van der Waals surface area (Å²) in [4.78, 5) is 2.89. The maximum Gasteiger partial charge on any atom is 0.0697 e. The lowest BCUT2D eigenvalue weighted by Gasteiger charge is -2.47. The van der Waals surface area contributed by atoms with Crippen molar-refractivity contribution in [3.8, 4) is 0 Å². The van der Waals surface area contributed by atoms with Crippen molar-refractivity contribution in [1.29, 1.82) is 0 Å². The standard InChI is InChI=1S/C18H32N2O/c1-2-9-18(10-3-1)13-17(8-12-21-18)20(16-6-7-16)14-15-5-4-11-19-15/h15-17,19H,1-14H2. The van der Waals surface area contributed by atoms with E-state index >= 15 is 0 Å². The van der Waals surface area contributed by atoms with Crippen molar-refractivity contribution in [2.45, 2.75) is 94.4 Å². The first kappa shape index (κ1) is 14.5. The molecule has 2 saturated carbocycles. The van der Waals surface area contributed by atoms with E-state index in [9.17, 15) is 0 Å². The third-order valence-electron chi connectivity index (χ3n) is 6.31. The zero-order valence-electron chi connectivity index (χ0n) is 13.5. The molecule has 0 bridgehead atoms. The second-order valence-corrected chi connectivity index (χ2v) is 7.96. The third kappa shape index (κ3) is 3.30. The largest absolute Gasteiger partial charge is 0.375 e. The van der Waals surface area contributed by atoms with Gasteiger partial charge in [0.25, 0.3) is 0 Å². The molecule has 4 fully saturated rings. The number of rotatable bonds is 4. The topological polar surface area (TPSA) is 24.5 Å². The van der Waals surface area contributed by atoms with Gasteiger partial charge in [-0.2, -0.15) is 0 Å². The first-order valence-corrected chi connectivity index (χ1v) is 9.48. The molecule has 2 saturated heterocycles. The molecule has 0 aromatic rings. The summed E-state index contributed by atoms with van der Waals surface area (Å²) in [7, 11) is 0. The Morgan fingerprint density at radius 2 is 1.81 bits per heavy atom. The van der Waals surface area contributed by atoms with Crippen molar-refractivity contribution in [1.82, 2.24) is 10.2 Å². The predicted octanol–water partition coefficient (Wildman–Crippen LogP) is 3.08. The fourth-order valence-corrected chi connectivity index (χ4v) is 5.00. The Morgan fingerprint density at radius 3 is 2.52 bits per heavy atom. The molecule has 0 radical (unpaired) electrons. The highest BCUT2D eigenvalue weighted by Gasteiger charge is 2.43. The van der Waals surface area contributed by atoms with Crippen LogP contribution in [0.1, 0.15) is 70.6 Å². The zero-order valence-corrected chi connectivity index (χ0v) is 13.5. The van der Waals surface area contributed by atoms with Crippen molar-refractivity contribution >= 4 is 0 Å². The Kier molecular flexibility index (Phi) is 4.25. The van der Waals surface area contributed by atoms with Gasteiger partial charge in [0.15, 0.2) is 0 Å². The number of hydrogen-bond donors (Lipinski definition) is 1. The van der Waals surface area contributed by atoms with Crippen LogP contribution in [0.5, 0.6) is 0 Å². The minimum absolute atomic E-state index is 0.261. The molecule has 2 aliphatic heterocycles. The fraction of sp³-hybridized carbons (Fsp3) is 1.00. The predicted molar refractivity (Wildman–Crippen MR) is 85.5 cm³/mol. The van der Waals surface area contributed by atoms with Crippen LogP contribution in [-0.4, -0.2) is 48.3 Å². The second-order valence-electron chi connectivity index (χ2n) is 7.96. The van der Waals surface area contributed by atoms with Gasteiger partial charge >= 0.3 is 0 Å². The second kappa shape index (κ2) is 6.17. The number of nitrogens with one attached hydrogen (secondary N) is 1. The summed E-state index contributed by atoms with van der Waals surface area (Å²) >= 11 is 0. The SMILES string of the molecule is C1CCC2(CC1)CC(N(CC1CCCN1)C1CC1)CCO2. The first-order valence-electron chi connectivity index (χ1n) is 9.48. The summed E-state index contributed by atoms with van der Waals surface area (Å²) < 4.78 is 6.31. The number of nitrogens with zero attached hydrogens (tertiary/aromatic N) is 1. The Morgan fingerprint density at radius 1 is 0.952 bits per heavy atom. The van der Waals surface area contributed by atoms with Crippen molar-refractivity contribution in [2.75, 3.05) is 19.7 Å². The lowest BCUT2D eigenvalue weighted by atomic mass is 9.78. The molecule has 0 aromatic carbocycles. The maximum absolute atomic E-state index is 6.31. The van der Waals surface area contributed by atoms with Crippen LogP contribution in [0.3, 0.4) is 0 Å². The Hall–Kier alpha value is -0.120. The van der Waals surface area contributed by atoms with Crippen LogP contribution in [0.2, 0.25) is 0 Å². The van der Waals surface area contributed by atoms with E-state index in [0.717, 1.165) is 24.7 Å². The number of hydrogen-bond acceptors (Lipinski definition) is 3. The van der Waals surface area contributed by atoms with E-state index in [2.05, 4.69) is 10.2 Å². The minimum atomic E-state index is 0.261. The molecule has 1 spiro atoms. The lowest BCUT2D eigenvalue weighted by Crippen LogP contribution is -2.52. The molecule has 21 heavy (non-hydrogen) atoms. The summed E-state index contributed by atoms with van der Waals surface area (Å²) in [6.07, 6.45) is 15.1. The normalized spacial score (nSPS) is 36.4. The molecular weight excluding hydrogens is 260 g/mol. The summed E-state index contributed by atoms with van der Waals surface area (Å²) in [5.74, 6) is 0. The highest BCUT2D eigenvalue weighted by Crippen LogP contribution is 2.42. The van der Waals surface area contributed by atoms with Crippen LogP contribution in [0.15, 0.2) is 0 Å². The van der Waals surface area contributed by atoms with E-state index in [4.69, 9.17) is 4.74 Å². The average molecular weight is 292 g/mol. The maximum atomic E-state index is 6.31. The smallest absolute Gasteiger partial charge is 0.0697 e. The van der Waals surface area contributed by atoms with Crippen LogP contribution >= 0.6 is 0 Å². The molecule has 3 nitrogen and oxygen atoms in total. The Balaban J connectivity index is 1.41. The quantitative estimate of drug-likeness (QED) is 0.862. The molecule has 4 rings (SSSR count). The third-order valence-corrected chi connectivity index (χ3v) is 6.31. The Bertz CT molecular complexity index is 338. The first-order chi connectivity index (χ1) is 10.3. The van der Waals surface area contributed by atoms with Crippen molar-refractivity contribution in [3.63, 3.8) is 0 Å². The van der Waals surface area contributed by atoms with Gasteiger partial charge in [0.1, 0.15) is 0 Å². The van der Waals surface area contributed by atoms with Crippen LogP contribution in [0.25, 0.3) is 0 Å². The summed E-state index contributed by atoms with van der Waals surface area (Å²) in [6.45, 7) is 3.54. The summed E-state index contributed by atoms with van der Waals surface area (Å²) in [5.41, 5.74) is 0.261. The van der Waals surface area contributed by atoms with E-state index in [-0.39, 0.29) is 5.60 Å². The number of ether oxygens (including phenoxy) is 1. The van der Waals surface area contributed by atoms with E-state index in [1.54, 1.807) is 0 Å². The molecule has 2 heterocycles. The highest BCUT2D eigenvalue weighted by atomic mass is 16.5. The monoisotopic (exact) mass is 292 g/mol. The molecule has 0 amide bonds. The van der Waals surface area contributed by atoms with E-state index < -0.39 is 0 Å². The van der Waals surface area contributed by atoms with Crippen molar-refractivity contribution in [3.05, 3.63) is 0 Å². The summed E-state index contributed by atoms with van der Waals surface area (Å²) in [5, 5.41) is 3.71. The van der Waals surface area contributed by atoms with Crippen LogP contribution in [0, 0.1) is 0 Å². The molecule has 1 N–H and O–H groups in total. The van der Waals surface area contributed by atoms with Gasteiger partial charge in [0.05, 0.1) is 5.60 Å². The van der Waals surface area contributed by atoms with E-state index in [1.165, 1.54) is 83.7 Å². The van der Waals surface area contributed by atoms with Gasteiger partial charge in [-0.1, -0.05) is 19.3 Å². The van der Waals surface area contributed by atoms with E-state index in [0.29, 0.717) is 0 Å². The van der Waals surface area contributed by atoms with Gasteiger partial charge in [-0.15, -0.1) is 0 Å². The van der Waals surface area contributed by atoms with Crippen LogP contribution < -0.4 is 5.32 Å². The van der Waals surface area contributed by atoms with Gasteiger partial charge in [-0.25, -0.2) is 0 Å². The Labute approximate surface area is 129 Å². The van der Waals surface area contributed by atoms with Gasteiger partial charge in [0, 0.05) is 31.3 Å². The molecule has 3 heteroatoms. The minimum Gasteiger partial charge on any atom is -0.375 e. The molecule has 2 atom stereocenters. The molecule has 2 aliphatic carbocycles. The van der Waals surface area contributed by atoms with Crippen LogP contribution in [0.4, 0.5) is 0 Å². The lowest BCUT2D eigenvalue weighted by molar-refractivity contribution is -0.125. The molecular formula is C18H32N2O. The van der Waals surface area contributed by atoms with Gasteiger partial charge in [0.2, 0.25) is 0 Å². The molecule has 120 valence electrons. The van der Waals surface area contributed by atoms with Crippen LogP contribution in [-0.2, 0) is 4.74 Å². The van der Waals surface area contributed by atoms with Crippen molar-refractivity contribution in [2.24, 2.45) is 0 Å². The fourth-order valence-electron chi connectivity index (χ4n) is 5.00. The summed E-state index contributed by atoms with van der Waals surface area (Å²) in [6, 6.07) is 2.46. The molecule has 4 aliphatic rings. The zero-order chi connectivity index (χ0) is 14.1.